The van der Waals surface area contributed by atoms with Crippen molar-refractivity contribution in [3.8, 4) is 0 Å². The Morgan fingerprint density at radius 3 is 2.10 bits per heavy atom. The predicted molar refractivity (Wildman–Crippen MR) is 158 cm³/mol. The van der Waals surface area contributed by atoms with E-state index in [1.54, 1.807) is 13.8 Å². The number of carboxylic acid groups (broad SMARTS) is 1. The predicted octanol–water partition coefficient (Wildman–Crippen LogP) is 6.11. The fraction of sp³-hybridized carbons (Fsp3) is 0.941. The number of esters is 1. The van der Waals surface area contributed by atoms with Crippen molar-refractivity contribution < 1.29 is 34.8 Å². The van der Waals surface area contributed by atoms with Crippen LogP contribution in [0.5, 0.6) is 0 Å². The van der Waals surface area contributed by atoms with Crippen molar-refractivity contribution in [2.75, 3.05) is 0 Å². The largest absolute Gasteiger partial charge is 0.481 e. The van der Waals surface area contributed by atoms with Gasteiger partial charge in [0, 0.05) is 5.92 Å². The second kappa shape index (κ2) is 10.8. The van der Waals surface area contributed by atoms with Crippen molar-refractivity contribution >= 4 is 11.9 Å². The number of rotatable bonds is 9. The fourth-order valence-corrected chi connectivity index (χ4v) is 11.0. The van der Waals surface area contributed by atoms with Gasteiger partial charge in [0.2, 0.25) is 0 Å². The van der Waals surface area contributed by atoms with Gasteiger partial charge in [0.05, 0.1) is 30.1 Å². The van der Waals surface area contributed by atoms with Crippen molar-refractivity contribution in [2.45, 2.75) is 156 Å². The summed E-state index contributed by atoms with van der Waals surface area (Å²) in [6.07, 6.45) is 7.11. The molecule has 7 nitrogen and oxygen atoms in total. The summed E-state index contributed by atoms with van der Waals surface area (Å²) in [6.45, 7) is 17.2. The fourth-order valence-electron chi connectivity index (χ4n) is 11.0. The molecule has 236 valence electrons. The Morgan fingerprint density at radius 1 is 0.854 bits per heavy atom. The zero-order valence-electron chi connectivity index (χ0n) is 27.0. The van der Waals surface area contributed by atoms with Crippen LogP contribution in [0.25, 0.3) is 0 Å². The van der Waals surface area contributed by atoms with Crippen LogP contribution in [-0.4, -0.2) is 55.8 Å². The van der Waals surface area contributed by atoms with Crippen LogP contribution in [0.2, 0.25) is 0 Å². The lowest BCUT2D eigenvalue weighted by Crippen LogP contribution is -2.67. The van der Waals surface area contributed by atoms with Gasteiger partial charge in [-0.15, -0.1) is 0 Å². The monoisotopic (exact) mass is 578 g/mol. The minimum absolute atomic E-state index is 0.0107. The molecule has 4 rings (SSSR count). The molecule has 0 amide bonds. The van der Waals surface area contributed by atoms with Gasteiger partial charge < -0.3 is 25.2 Å². The SMILES string of the molecule is CC(C)(O)CCC[C@@](C)(O)[C@H]1CC[C@]2(C)[C@@H]1[C@H](OC(=O)CCC(=O)O)C[C@@H]1[C@@]3(C)CC[C@H](O)C(C)(C)[C@@H]3CC[C@]12C. The molecule has 4 aliphatic rings. The third kappa shape index (κ3) is 5.61. The highest BCUT2D eigenvalue weighted by Gasteiger charge is 2.72. The van der Waals surface area contributed by atoms with Crippen LogP contribution in [0.4, 0.5) is 0 Å². The van der Waals surface area contributed by atoms with E-state index in [4.69, 9.17) is 4.74 Å². The molecular weight excluding hydrogens is 520 g/mol. The summed E-state index contributed by atoms with van der Waals surface area (Å²) < 4.78 is 6.29. The van der Waals surface area contributed by atoms with E-state index in [1.165, 1.54) is 0 Å². The molecule has 0 saturated heterocycles. The number of fused-ring (bicyclic) bond motifs is 5. The Morgan fingerprint density at radius 2 is 1.49 bits per heavy atom. The molecule has 4 N–H and O–H groups in total. The Kier molecular flexibility index (Phi) is 8.59. The molecule has 0 aliphatic heterocycles. The van der Waals surface area contributed by atoms with E-state index in [0.717, 1.165) is 38.5 Å². The van der Waals surface area contributed by atoms with Crippen LogP contribution in [-0.2, 0) is 14.3 Å². The van der Waals surface area contributed by atoms with E-state index >= 15 is 0 Å². The van der Waals surface area contributed by atoms with Crippen LogP contribution >= 0.6 is 0 Å². The first kappa shape index (κ1) is 32.7. The molecule has 10 atom stereocenters. The van der Waals surface area contributed by atoms with Crippen molar-refractivity contribution in [2.24, 2.45) is 45.3 Å². The Bertz CT molecular complexity index is 998. The smallest absolute Gasteiger partial charge is 0.306 e. The number of carbonyl (C=O) groups is 2. The number of carboxylic acids is 1. The van der Waals surface area contributed by atoms with Crippen LogP contribution in [0.1, 0.15) is 132 Å². The lowest BCUT2D eigenvalue weighted by Gasteiger charge is -2.70. The molecule has 0 radical (unpaired) electrons. The average Bonchev–Trinajstić information content (AvgIpc) is 3.21. The zero-order chi connectivity index (χ0) is 30.8. The molecule has 4 aliphatic carbocycles. The molecule has 4 fully saturated rings. The summed E-state index contributed by atoms with van der Waals surface area (Å²) in [6, 6.07) is 0. The number of aliphatic carboxylic acids is 1. The average molecular weight is 579 g/mol. The van der Waals surface area contributed by atoms with E-state index in [0.29, 0.717) is 31.6 Å². The minimum Gasteiger partial charge on any atom is -0.481 e. The van der Waals surface area contributed by atoms with E-state index in [1.807, 2.05) is 6.92 Å². The highest BCUT2D eigenvalue weighted by Crippen LogP contribution is 2.76. The first-order valence-corrected chi connectivity index (χ1v) is 16.2. The summed E-state index contributed by atoms with van der Waals surface area (Å²) in [5, 5.41) is 42.5. The number of aliphatic hydroxyl groups is 3. The van der Waals surface area contributed by atoms with Gasteiger partial charge in [-0.2, -0.15) is 0 Å². The van der Waals surface area contributed by atoms with Crippen LogP contribution in [0, 0.1) is 45.3 Å². The van der Waals surface area contributed by atoms with Gasteiger partial charge in [0.25, 0.3) is 0 Å². The van der Waals surface area contributed by atoms with E-state index in [2.05, 4.69) is 34.6 Å². The number of hydrogen-bond acceptors (Lipinski definition) is 6. The van der Waals surface area contributed by atoms with E-state index in [9.17, 15) is 30.0 Å². The van der Waals surface area contributed by atoms with Gasteiger partial charge in [-0.1, -0.05) is 34.6 Å². The number of hydrogen-bond donors (Lipinski definition) is 4. The van der Waals surface area contributed by atoms with Crippen LogP contribution < -0.4 is 0 Å². The topological polar surface area (TPSA) is 124 Å². The van der Waals surface area contributed by atoms with Crippen molar-refractivity contribution in [1.29, 1.82) is 0 Å². The van der Waals surface area contributed by atoms with E-state index in [-0.39, 0.29) is 58.4 Å². The molecule has 0 aromatic carbocycles. The Labute approximate surface area is 247 Å². The van der Waals surface area contributed by atoms with E-state index < -0.39 is 29.2 Å². The van der Waals surface area contributed by atoms with Crippen molar-refractivity contribution in [1.82, 2.24) is 0 Å². The normalized spacial score (nSPS) is 43.3. The Hall–Kier alpha value is -1.18. The van der Waals surface area contributed by atoms with Crippen molar-refractivity contribution in [3.05, 3.63) is 0 Å². The first-order valence-electron chi connectivity index (χ1n) is 16.2. The number of ether oxygens (including phenoxy) is 1. The Balaban J connectivity index is 1.71. The third-order valence-electron chi connectivity index (χ3n) is 13.4. The number of carbonyl (C=O) groups excluding carboxylic acids is 1. The van der Waals surface area contributed by atoms with Crippen LogP contribution in [0.15, 0.2) is 0 Å². The standard InChI is InChI=1S/C34H58O7/c1-29(2,39)15-9-16-34(8,40)21-12-18-33(7)28(21)22(41-27(38)11-10-26(36)37)20-24-31(5)17-14-25(35)30(3,4)23(31)13-19-32(24,33)6/h21-25,28,35,39-40H,9-20H2,1-8H3,(H,36,37)/t21-,22+,23-,24+,25-,28-,31-,32+,33+,34+/m0/s1. The lowest BCUT2D eigenvalue weighted by atomic mass is 9.35. The van der Waals surface area contributed by atoms with Gasteiger partial charge >= 0.3 is 11.9 Å². The number of aliphatic hydroxyl groups excluding tert-OH is 1. The summed E-state index contributed by atoms with van der Waals surface area (Å²) in [4.78, 5) is 24.3. The van der Waals surface area contributed by atoms with Crippen LogP contribution in [0.3, 0.4) is 0 Å². The third-order valence-corrected chi connectivity index (χ3v) is 13.4. The summed E-state index contributed by atoms with van der Waals surface area (Å²) >= 11 is 0. The highest BCUT2D eigenvalue weighted by atomic mass is 16.5. The van der Waals surface area contributed by atoms with Gasteiger partial charge in [-0.05, 0) is 124 Å². The summed E-state index contributed by atoms with van der Waals surface area (Å²) in [5.74, 6) is -0.911. The summed E-state index contributed by atoms with van der Waals surface area (Å²) in [7, 11) is 0. The van der Waals surface area contributed by atoms with Gasteiger partial charge in [0.15, 0.2) is 0 Å². The molecule has 7 heteroatoms. The van der Waals surface area contributed by atoms with Gasteiger partial charge in [-0.25, -0.2) is 0 Å². The molecule has 4 saturated carbocycles. The quantitative estimate of drug-likeness (QED) is 0.243. The minimum atomic E-state index is -1.01. The molecule has 0 aromatic heterocycles. The lowest BCUT2D eigenvalue weighted by molar-refractivity contribution is -0.251. The maximum Gasteiger partial charge on any atom is 0.306 e. The molecule has 0 spiro atoms. The molecule has 0 heterocycles. The van der Waals surface area contributed by atoms with Gasteiger partial charge in [0.1, 0.15) is 6.10 Å². The van der Waals surface area contributed by atoms with Crippen molar-refractivity contribution in [3.63, 3.8) is 0 Å². The molecule has 0 unspecified atom stereocenters. The second-order valence-corrected chi connectivity index (χ2v) is 16.7. The molecule has 0 aromatic rings. The maximum absolute atomic E-state index is 13.1. The first-order chi connectivity index (χ1) is 18.7. The molecular formula is C34H58O7. The zero-order valence-corrected chi connectivity index (χ0v) is 27.0. The second-order valence-electron chi connectivity index (χ2n) is 16.7. The molecule has 0 bridgehead atoms. The molecule has 41 heavy (non-hydrogen) atoms. The van der Waals surface area contributed by atoms with Gasteiger partial charge in [-0.3, -0.25) is 9.59 Å². The maximum atomic E-state index is 13.1. The highest BCUT2D eigenvalue weighted by molar-refractivity contribution is 5.76. The summed E-state index contributed by atoms with van der Waals surface area (Å²) in [5.41, 5.74) is -2.13.